The molecule has 0 aliphatic rings. The number of carbonyl (C=O) groups is 1. The zero-order chi connectivity index (χ0) is 13.4. The first kappa shape index (κ1) is 14.9. The summed E-state index contributed by atoms with van der Waals surface area (Å²) in [6.07, 6.45) is 6.15. The van der Waals surface area contributed by atoms with Crippen LogP contribution in [0.25, 0.3) is 0 Å². The van der Waals surface area contributed by atoms with Crippen molar-refractivity contribution in [3.8, 4) is 0 Å². The Kier molecular flexibility index (Phi) is 6.65. The number of halogens is 1. The van der Waals surface area contributed by atoms with Gasteiger partial charge in [0.2, 0.25) is 11.9 Å². The number of anilines is 1. The Balaban J connectivity index is 2.31. The van der Waals surface area contributed by atoms with E-state index in [0.717, 1.165) is 18.5 Å². The van der Waals surface area contributed by atoms with Crippen LogP contribution in [0.2, 0.25) is 5.15 Å². The fourth-order valence-electron chi connectivity index (χ4n) is 1.66. The molecule has 0 fully saturated rings. The summed E-state index contributed by atoms with van der Waals surface area (Å²) >= 11 is 5.79. The highest BCUT2D eigenvalue weighted by Crippen LogP contribution is 2.10. The number of aromatic nitrogens is 2. The van der Waals surface area contributed by atoms with E-state index in [9.17, 15) is 4.79 Å². The number of nitrogens with one attached hydrogen (secondary N) is 1. The number of hydrogen-bond acceptors (Lipinski definition) is 3. The van der Waals surface area contributed by atoms with Gasteiger partial charge in [-0.15, -0.1) is 0 Å². The predicted octanol–water partition coefficient (Wildman–Crippen LogP) is 3.74. The SMILES string of the molecule is CCCCCCCC(=O)Nc1nc(C)cc(Cl)n1. The molecule has 0 atom stereocenters. The van der Waals surface area contributed by atoms with Crippen LogP contribution < -0.4 is 5.32 Å². The minimum atomic E-state index is -0.0480. The van der Waals surface area contributed by atoms with E-state index >= 15 is 0 Å². The summed E-state index contributed by atoms with van der Waals surface area (Å²) in [5, 5.41) is 3.02. The van der Waals surface area contributed by atoms with Gasteiger partial charge in [-0.3, -0.25) is 10.1 Å². The summed E-state index contributed by atoms with van der Waals surface area (Å²) in [4.78, 5) is 19.7. The van der Waals surface area contributed by atoms with E-state index < -0.39 is 0 Å². The lowest BCUT2D eigenvalue weighted by atomic mass is 10.1. The molecule has 100 valence electrons. The van der Waals surface area contributed by atoms with Gasteiger partial charge in [-0.1, -0.05) is 44.2 Å². The quantitative estimate of drug-likeness (QED) is 0.606. The average molecular weight is 270 g/mol. The van der Waals surface area contributed by atoms with Crippen molar-refractivity contribution in [1.29, 1.82) is 0 Å². The molecule has 1 aromatic rings. The molecule has 1 amide bonds. The number of amides is 1. The van der Waals surface area contributed by atoms with E-state index in [1.165, 1.54) is 19.3 Å². The molecule has 0 aliphatic heterocycles. The number of hydrogen-bond donors (Lipinski definition) is 1. The largest absolute Gasteiger partial charge is 0.294 e. The van der Waals surface area contributed by atoms with Crippen molar-refractivity contribution < 1.29 is 4.79 Å². The Morgan fingerprint density at radius 3 is 2.67 bits per heavy atom. The van der Waals surface area contributed by atoms with Crippen LogP contribution in [0.15, 0.2) is 6.07 Å². The molecule has 0 spiro atoms. The maximum Gasteiger partial charge on any atom is 0.231 e. The number of aryl methyl sites for hydroxylation is 1. The lowest BCUT2D eigenvalue weighted by Gasteiger charge is -2.04. The normalized spacial score (nSPS) is 10.4. The van der Waals surface area contributed by atoms with Crippen molar-refractivity contribution in [1.82, 2.24) is 9.97 Å². The van der Waals surface area contributed by atoms with E-state index in [1.807, 2.05) is 6.92 Å². The van der Waals surface area contributed by atoms with Crippen LogP contribution >= 0.6 is 11.6 Å². The maximum atomic E-state index is 11.6. The Morgan fingerprint density at radius 2 is 2.00 bits per heavy atom. The molecule has 0 saturated heterocycles. The van der Waals surface area contributed by atoms with Crippen molar-refractivity contribution >= 4 is 23.5 Å². The van der Waals surface area contributed by atoms with E-state index in [2.05, 4.69) is 22.2 Å². The molecule has 4 nitrogen and oxygen atoms in total. The molecule has 1 heterocycles. The van der Waals surface area contributed by atoms with E-state index in [-0.39, 0.29) is 5.91 Å². The first-order valence-electron chi connectivity index (χ1n) is 6.43. The molecule has 1 N–H and O–H groups in total. The third-order valence-corrected chi connectivity index (χ3v) is 2.78. The Morgan fingerprint density at radius 1 is 1.28 bits per heavy atom. The standard InChI is InChI=1S/C13H20ClN3O/c1-3-4-5-6-7-8-12(18)17-13-15-10(2)9-11(14)16-13/h9H,3-8H2,1-2H3,(H,15,16,17,18). The summed E-state index contributed by atoms with van der Waals surface area (Å²) < 4.78 is 0. The van der Waals surface area contributed by atoms with Crippen molar-refractivity contribution in [3.63, 3.8) is 0 Å². The van der Waals surface area contributed by atoms with Gasteiger partial charge in [0.05, 0.1) is 0 Å². The molecule has 0 saturated carbocycles. The van der Waals surface area contributed by atoms with Gasteiger partial charge < -0.3 is 0 Å². The second-order valence-corrected chi connectivity index (χ2v) is 4.76. The molecule has 18 heavy (non-hydrogen) atoms. The summed E-state index contributed by atoms with van der Waals surface area (Å²) in [5.74, 6) is 0.242. The van der Waals surface area contributed by atoms with E-state index in [4.69, 9.17) is 11.6 Å². The lowest BCUT2D eigenvalue weighted by molar-refractivity contribution is -0.116. The minimum absolute atomic E-state index is 0.0480. The smallest absolute Gasteiger partial charge is 0.231 e. The molecule has 1 aromatic heterocycles. The maximum absolute atomic E-state index is 11.6. The molecule has 0 bridgehead atoms. The van der Waals surface area contributed by atoms with Crippen LogP contribution in [0.1, 0.15) is 51.1 Å². The van der Waals surface area contributed by atoms with E-state index in [0.29, 0.717) is 17.5 Å². The highest BCUT2D eigenvalue weighted by Gasteiger charge is 2.05. The average Bonchev–Trinajstić information content (AvgIpc) is 2.27. The molecule has 0 aromatic carbocycles. The van der Waals surface area contributed by atoms with Crippen LogP contribution in [-0.2, 0) is 4.79 Å². The number of unbranched alkanes of at least 4 members (excludes halogenated alkanes) is 4. The molecule has 5 heteroatoms. The van der Waals surface area contributed by atoms with Crippen LogP contribution in [0.3, 0.4) is 0 Å². The van der Waals surface area contributed by atoms with Gasteiger partial charge in [0.15, 0.2) is 0 Å². The summed E-state index contributed by atoms with van der Waals surface area (Å²) in [6, 6.07) is 1.65. The Bertz CT molecular complexity index is 376. The van der Waals surface area contributed by atoms with Gasteiger partial charge in [0.1, 0.15) is 5.15 Å². The summed E-state index contributed by atoms with van der Waals surface area (Å²) in [6.45, 7) is 3.99. The second kappa shape index (κ2) is 8.03. The van der Waals surface area contributed by atoms with Gasteiger partial charge in [0.25, 0.3) is 0 Å². The van der Waals surface area contributed by atoms with Gasteiger partial charge >= 0.3 is 0 Å². The van der Waals surface area contributed by atoms with Gasteiger partial charge in [0, 0.05) is 12.1 Å². The summed E-state index contributed by atoms with van der Waals surface area (Å²) in [5.41, 5.74) is 0.744. The van der Waals surface area contributed by atoms with Crippen molar-refractivity contribution in [2.75, 3.05) is 5.32 Å². The molecule has 1 rings (SSSR count). The zero-order valence-corrected chi connectivity index (χ0v) is 11.8. The fraction of sp³-hybridized carbons (Fsp3) is 0.615. The summed E-state index contributed by atoms with van der Waals surface area (Å²) in [7, 11) is 0. The third-order valence-electron chi connectivity index (χ3n) is 2.58. The Hall–Kier alpha value is -1.16. The van der Waals surface area contributed by atoms with Gasteiger partial charge in [-0.25, -0.2) is 9.97 Å². The lowest BCUT2D eigenvalue weighted by Crippen LogP contribution is -2.14. The highest BCUT2D eigenvalue weighted by molar-refractivity contribution is 6.29. The van der Waals surface area contributed by atoms with Crippen LogP contribution in [0.5, 0.6) is 0 Å². The van der Waals surface area contributed by atoms with Crippen molar-refractivity contribution in [2.24, 2.45) is 0 Å². The molecule has 0 unspecified atom stereocenters. The Labute approximate surface area is 113 Å². The molecular formula is C13H20ClN3O. The topological polar surface area (TPSA) is 54.9 Å². The zero-order valence-electron chi connectivity index (χ0n) is 11.0. The van der Waals surface area contributed by atoms with Gasteiger partial charge in [-0.05, 0) is 19.4 Å². The fourth-order valence-corrected chi connectivity index (χ4v) is 1.90. The van der Waals surface area contributed by atoms with Crippen LogP contribution in [-0.4, -0.2) is 15.9 Å². The van der Waals surface area contributed by atoms with E-state index in [1.54, 1.807) is 6.07 Å². The first-order chi connectivity index (χ1) is 8.61. The number of rotatable bonds is 7. The minimum Gasteiger partial charge on any atom is -0.294 e. The monoisotopic (exact) mass is 269 g/mol. The molecular weight excluding hydrogens is 250 g/mol. The molecule has 0 aliphatic carbocycles. The predicted molar refractivity (Wildman–Crippen MR) is 73.8 cm³/mol. The second-order valence-electron chi connectivity index (χ2n) is 4.37. The van der Waals surface area contributed by atoms with Gasteiger partial charge in [-0.2, -0.15) is 0 Å². The third kappa shape index (κ3) is 5.96. The number of nitrogens with zero attached hydrogens (tertiary/aromatic N) is 2. The highest BCUT2D eigenvalue weighted by atomic mass is 35.5. The van der Waals surface area contributed by atoms with Crippen molar-refractivity contribution in [3.05, 3.63) is 16.9 Å². The molecule has 0 radical (unpaired) electrons. The van der Waals surface area contributed by atoms with Crippen molar-refractivity contribution in [2.45, 2.75) is 52.4 Å². The van der Waals surface area contributed by atoms with Crippen LogP contribution in [0, 0.1) is 6.92 Å². The van der Waals surface area contributed by atoms with Crippen LogP contribution in [0.4, 0.5) is 5.95 Å². The first-order valence-corrected chi connectivity index (χ1v) is 6.80. The number of carbonyl (C=O) groups excluding carboxylic acids is 1.